The number of carbonyl (C=O) groups excluding carboxylic acids is 1. The van der Waals surface area contributed by atoms with Crippen LogP contribution in [0.25, 0.3) is 0 Å². The lowest BCUT2D eigenvalue weighted by Crippen LogP contribution is -2.32. The third kappa shape index (κ3) is 3.33. The van der Waals surface area contributed by atoms with Crippen molar-refractivity contribution in [1.29, 1.82) is 0 Å². The maximum Gasteiger partial charge on any atom is 0.221 e. The molecule has 3 nitrogen and oxygen atoms in total. The molecular weight excluding hydrogens is 224 g/mol. The van der Waals surface area contributed by atoms with E-state index in [0.717, 1.165) is 13.0 Å². The predicted molar refractivity (Wildman–Crippen MR) is 73.3 cm³/mol. The number of benzene rings is 1. The van der Waals surface area contributed by atoms with E-state index in [1.54, 1.807) is 0 Å². The first-order valence-electron chi connectivity index (χ1n) is 6.68. The van der Waals surface area contributed by atoms with Crippen molar-refractivity contribution >= 4 is 5.91 Å². The number of rotatable bonds is 4. The van der Waals surface area contributed by atoms with E-state index in [9.17, 15) is 4.79 Å². The second kappa shape index (κ2) is 6.01. The molecule has 0 saturated carbocycles. The summed E-state index contributed by atoms with van der Waals surface area (Å²) in [6, 6.07) is 8.61. The Morgan fingerprint density at radius 1 is 1.44 bits per heavy atom. The van der Waals surface area contributed by atoms with Crippen LogP contribution in [0.15, 0.2) is 24.3 Å². The van der Waals surface area contributed by atoms with Crippen LogP contribution in [-0.4, -0.2) is 30.4 Å². The fourth-order valence-electron chi connectivity index (χ4n) is 2.53. The fourth-order valence-corrected chi connectivity index (χ4v) is 2.53. The average molecular weight is 246 g/mol. The van der Waals surface area contributed by atoms with Crippen LogP contribution >= 0.6 is 0 Å². The molecule has 0 radical (unpaired) electrons. The summed E-state index contributed by atoms with van der Waals surface area (Å²) in [5, 5.41) is 3.02. The first-order chi connectivity index (χ1) is 8.66. The first-order valence-corrected chi connectivity index (χ1v) is 6.68. The highest BCUT2D eigenvalue weighted by molar-refractivity contribution is 5.76. The standard InChI is InChI=1S/C15H22N2O/c1-12-6-3-4-7-13(12)11-16-15(18)10-14-8-5-9-17(14)2/h3-4,6-7,14H,5,8-11H2,1-2H3,(H,16,18). The van der Waals surface area contributed by atoms with Crippen molar-refractivity contribution in [3.8, 4) is 0 Å². The van der Waals surface area contributed by atoms with Gasteiger partial charge in [-0.1, -0.05) is 24.3 Å². The lowest BCUT2D eigenvalue weighted by Gasteiger charge is -2.18. The van der Waals surface area contributed by atoms with Gasteiger partial charge in [-0.05, 0) is 44.5 Å². The molecule has 0 bridgehead atoms. The van der Waals surface area contributed by atoms with Gasteiger partial charge in [0.2, 0.25) is 5.91 Å². The highest BCUT2D eigenvalue weighted by atomic mass is 16.1. The Morgan fingerprint density at radius 2 is 2.22 bits per heavy atom. The van der Waals surface area contributed by atoms with Crippen molar-refractivity contribution in [2.45, 2.75) is 38.8 Å². The monoisotopic (exact) mass is 246 g/mol. The molecule has 1 atom stereocenters. The summed E-state index contributed by atoms with van der Waals surface area (Å²) in [6.07, 6.45) is 2.99. The van der Waals surface area contributed by atoms with Gasteiger partial charge in [-0.25, -0.2) is 0 Å². The molecule has 1 aliphatic rings. The Morgan fingerprint density at radius 3 is 2.89 bits per heavy atom. The molecule has 1 fully saturated rings. The van der Waals surface area contributed by atoms with Crippen LogP contribution in [0, 0.1) is 6.92 Å². The lowest BCUT2D eigenvalue weighted by molar-refractivity contribution is -0.122. The minimum absolute atomic E-state index is 0.164. The van der Waals surface area contributed by atoms with Gasteiger partial charge in [-0.2, -0.15) is 0 Å². The number of nitrogens with zero attached hydrogens (tertiary/aromatic N) is 1. The van der Waals surface area contributed by atoms with Gasteiger partial charge in [0.15, 0.2) is 0 Å². The van der Waals surface area contributed by atoms with E-state index in [4.69, 9.17) is 0 Å². The van der Waals surface area contributed by atoms with Crippen LogP contribution in [0.1, 0.15) is 30.4 Å². The predicted octanol–water partition coefficient (Wildman–Crippen LogP) is 2.10. The van der Waals surface area contributed by atoms with Crippen molar-refractivity contribution < 1.29 is 4.79 Å². The van der Waals surface area contributed by atoms with Crippen LogP contribution in [0.2, 0.25) is 0 Å². The molecule has 3 heteroatoms. The van der Waals surface area contributed by atoms with Crippen molar-refractivity contribution in [3.63, 3.8) is 0 Å². The van der Waals surface area contributed by atoms with Crippen LogP contribution in [0.5, 0.6) is 0 Å². The molecule has 1 aromatic carbocycles. The zero-order chi connectivity index (χ0) is 13.0. The van der Waals surface area contributed by atoms with Gasteiger partial charge in [-0.3, -0.25) is 4.79 Å². The minimum Gasteiger partial charge on any atom is -0.352 e. The quantitative estimate of drug-likeness (QED) is 0.882. The van der Waals surface area contributed by atoms with Crippen LogP contribution < -0.4 is 5.32 Å². The van der Waals surface area contributed by atoms with E-state index in [0.29, 0.717) is 19.0 Å². The van der Waals surface area contributed by atoms with Crippen LogP contribution in [-0.2, 0) is 11.3 Å². The second-order valence-electron chi connectivity index (χ2n) is 5.18. The Balaban J connectivity index is 1.80. The summed E-state index contributed by atoms with van der Waals surface area (Å²) >= 11 is 0. The molecular formula is C15H22N2O. The number of likely N-dealkylation sites (tertiary alicyclic amines) is 1. The van der Waals surface area contributed by atoms with Gasteiger partial charge in [0, 0.05) is 19.0 Å². The maximum atomic E-state index is 11.9. The second-order valence-corrected chi connectivity index (χ2v) is 5.18. The Kier molecular flexibility index (Phi) is 4.37. The molecule has 1 heterocycles. The molecule has 0 spiro atoms. The summed E-state index contributed by atoms with van der Waals surface area (Å²) in [5.41, 5.74) is 2.43. The largest absolute Gasteiger partial charge is 0.352 e. The highest BCUT2D eigenvalue weighted by Crippen LogP contribution is 2.17. The summed E-state index contributed by atoms with van der Waals surface area (Å²) < 4.78 is 0. The summed E-state index contributed by atoms with van der Waals surface area (Å²) in [5.74, 6) is 0.164. The molecule has 2 rings (SSSR count). The molecule has 1 N–H and O–H groups in total. The van der Waals surface area contributed by atoms with Gasteiger partial charge in [-0.15, -0.1) is 0 Å². The smallest absolute Gasteiger partial charge is 0.221 e. The van der Waals surface area contributed by atoms with E-state index in [-0.39, 0.29) is 5.91 Å². The van der Waals surface area contributed by atoms with Crippen LogP contribution in [0.3, 0.4) is 0 Å². The molecule has 0 aromatic heterocycles. The molecule has 98 valence electrons. The molecule has 0 aliphatic carbocycles. The number of hydrogen-bond acceptors (Lipinski definition) is 2. The number of aryl methyl sites for hydroxylation is 1. The topological polar surface area (TPSA) is 32.3 Å². The summed E-state index contributed by atoms with van der Waals surface area (Å²) in [6.45, 7) is 3.84. The normalized spacial score (nSPS) is 20.0. The molecule has 18 heavy (non-hydrogen) atoms. The number of amides is 1. The van der Waals surface area contributed by atoms with E-state index in [2.05, 4.69) is 36.3 Å². The molecule has 1 unspecified atom stereocenters. The summed E-state index contributed by atoms with van der Waals surface area (Å²) in [7, 11) is 2.10. The molecule has 1 aliphatic heterocycles. The van der Waals surface area contributed by atoms with Gasteiger partial charge in [0.1, 0.15) is 0 Å². The Bertz CT molecular complexity index is 417. The summed E-state index contributed by atoms with van der Waals surface area (Å²) in [4.78, 5) is 14.2. The molecule has 1 aromatic rings. The minimum atomic E-state index is 0.164. The number of nitrogens with one attached hydrogen (secondary N) is 1. The zero-order valence-corrected chi connectivity index (χ0v) is 11.3. The number of hydrogen-bond donors (Lipinski definition) is 1. The number of carbonyl (C=O) groups is 1. The SMILES string of the molecule is Cc1ccccc1CNC(=O)CC1CCCN1C. The van der Waals surface area contributed by atoms with Crippen LogP contribution in [0.4, 0.5) is 0 Å². The molecule has 1 saturated heterocycles. The molecule has 1 amide bonds. The Labute approximate surface area is 109 Å². The third-order valence-corrected chi connectivity index (χ3v) is 3.83. The van der Waals surface area contributed by atoms with E-state index < -0.39 is 0 Å². The van der Waals surface area contributed by atoms with Gasteiger partial charge < -0.3 is 10.2 Å². The van der Waals surface area contributed by atoms with Crippen molar-refractivity contribution in [2.24, 2.45) is 0 Å². The highest BCUT2D eigenvalue weighted by Gasteiger charge is 2.23. The average Bonchev–Trinajstić information content (AvgIpc) is 2.74. The Hall–Kier alpha value is -1.35. The third-order valence-electron chi connectivity index (χ3n) is 3.83. The zero-order valence-electron chi connectivity index (χ0n) is 11.3. The van der Waals surface area contributed by atoms with E-state index >= 15 is 0 Å². The fraction of sp³-hybridized carbons (Fsp3) is 0.533. The van der Waals surface area contributed by atoms with Gasteiger partial charge >= 0.3 is 0 Å². The van der Waals surface area contributed by atoms with Crippen molar-refractivity contribution in [2.75, 3.05) is 13.6 Å². The lowest BCUT2D eigenvalue weighted by atomic mass is 10.1. The van der Waals surface area contributed by atoms with Crippen molar-refractivity contribution in [1.82, 2.24) is 10.2 Å². The maximum absolute atomic E-state index is 11.9. The van der Waals surface area contributed by atoms with Crippen molar-refractivity contribution in [3.05, 3.63) is 35.4 Å². The first kappa shape index (κ1) is 13.1. The van der Waals surface area contributed by atoms with E-state index in [1.807, 2.05) is 12.1 Å². The van der Waals surface area contributed by atoms with E-state index in [1.165, 1.54) is 17.5 Å². The van der Waals surface area contributed by atoms with Gasteiger partial charge in [0.05, 0.1) is 0 Å². The van der Waals surface area contributed by atoms with Gasteiger partial charge in [0.25, 0.3) is 0 Å².